The number of hydrogen-bond donors (Lipinski definition) is 1. The van der Waals surface area contributed by atoms with E-state index in [9.17, 15) is 10.1 Å². The maximum atomic E-state index is 12.4. The average Bonchev–Trinajstić information content (AvgIpc) is 2.52. The van der Waals surface area contributed by atoms with Crippen molar-refractivity contribution in [1.82, 2.24) is 0 Å². The molecular weight excluding hydrogens is 314 g/mol. The summed E-state index contributed by atoms with van der Waals surface area (Å²) in [5.41, 5.74) is 7.26. The normalized spacial score (nSPS) is 20.5. The number of esters is 1. The smallest absolute Gasteiger partial charge is 0.336 e. The van der Waals surface area contributed by atoms with Crippen LogP contribution in [0.25, 0.3) is 0 Å². The van der Waals surface area contributed by atoms with Gasteiger partial charge in [0.1, 0.15) is 18.4 Å². The topological polar surface area (TPSA) is 88.5 Å². The van der Waals surface area contributed by atoms with Crippen LogP contribution in [0.3, 0.4) is 0 Å². The van der Waals surface area contributed by atoms with E-state index in [1.807, 2.05) is 0 Å². The summed E-state index contributed by atoms with van der Waals surface area (Å²) in [4.78, 5) is 16.6. The SMILES string of the molecule is C=CCOC(=O)C1=C(C)N=C(N)C(C#N)C1c1ccccc1Cl. The Bertz CT molecular complexity index is 746. The number of allylic oxidation sites excluding steroid dienone is 1. The van der Waals surface area contributed by atoms with E-state index >= 15 is 0 Å². The molecule has 0 spiro atoms. The monoisotopic (exact) mass is 329 g/mol. The minimum atomic E-state index is -0.787. The first kappa shape index (κ1) is 16.8. The van der Waals surface area contributed by atoms with E-state index < -0.39 is 17.8 Å². The summed E-state index contributed by atoms with van der Waals surface area (Å²) in [5, 5.41) is 9.95. The number of nitriles is 1. The van der Waals surface area contributed by atoms with Gasteiger partial charge in [-0.2, -0.15) is 5.26 Å². The molecule has 118 valence electrons. The first-order valence-corrected chi connectivity index (χ1v) is 7.36. The van der Waals surface area contributed by atoms with Gasteiger partial charge in [-0.3, -0.25) is 0 Å². The van der Waals surface area contributed by atoms with Crippen molar-refractivity contribution in [3.05, 3.63) is 58.8 Å². The molecule has 1 aliphatic rings. The molecule has 0 saturated heterocycles. The van der Waals surface area contributed by atoms with E-state index in [4.69, 9.17) is 22.1 Å². The molecule has 1 aromatic carbocycles. The van der Waals surface area contributed by atoms with Crippen LogP contribution in [0.4, 0.5) is 0 Å². The standard InChI is InChI=1S/C17H16ClN3O2/c1-3-8-23-17(22)14-10(2)21-16(20)12(9-19)15(14)11-6-4-5-7-13(11)18/h3-7,12,15H,1,8H2,2H3,(H2,20,21). The maximum Gasteiger partial charge on any atom is 0.336 e. The summed E-state index contributed by atoms with van der Waals surface area (Å²) in [7, 11) is 0. The van der Waals surface area contributed by atoms with Crippen LogP contribution in [-0.4, -0.2) is 18.4 Å². The molecule has 0 radical (unpaired) electrons. The summed E-state index contributed by atoms with van der Waals surface area (Å²) in [6.45, 7) is 5.25. The molecule has 23 heavy (non-hydrogen) atoms. The molecule has 2 rings (SSSR count). The fraction of sp³-hybridized carbons (Fsp3) is 0.235. The van der Waals surface area contributed by atoms with Crippen molar-refractivity contribution in [3.8, 4) is 6.07 Å². The number of rotatable bonds is 4. The van der Waals surface area contributed by atoms with E-state index in [0.29, 0.717) is 21.9 Å². The van der Waals surface area contributed by atoms with Gasteiger partial charge in [0.2, 0.25) is 0 Å². The quantitative estimate of drug-likeness (QED) is 0.679. The molecule has 0 saturated carbocycles. The lowest BCUT2D eigenvalue weighted by Gasteiger charge is -2.29. The highest BCUT2D eigenvalue weighted by molar-refractivity contribution is 6.31. The second-order valence-corrected chi connectivity index (χ2v) is 5.44. The number of nitrogens with zero attached hydrogens (tertiary/aromatic N) is 2. The highest BCUT2D eigenvalue weighted by Crippen LogP contribution is 2.40. The zero-order chi connectivity index (χ0) is 17.0. The minimum Gasteiger partial charge on any atom is -0.458 e. The number of nitrogens with two attached hydrogens (primary N) is 1. The van der Waals surface area contributed by atoms with Gasteiger partial charge in [-0.05, 0) is 18.6 Å². The predicted molar refractivity (Wildman–Crippen MR) is 88.8 cm³/mol. The molecule has 0 aromatic heterocycles. The number of halogens is 1. The highest BCUT2D eigenvalue weighted by atomic mass is 35.5. The zero-order valence-electron chi connectivity index (χ0n) is 12.6. The van der Waals surface area contributed by atoms with Crippen LogP contribution in [0, 0.1) is 17.2 Å². The van der Waals surface area contributed by atoms with E-state index in [1.54, 1.807) is 31.2 Å². The Morgan fingerprint density at radius 2 is 2.26 bits per heavy atom. The zero-order valence-corrected chi connectivity index (χ0v) is 13.4. The largest absolute Gasteiger partial charge is 0.458 e. The average molecular weight is 330 g/mol. The van der Waals surface area contributed by atoms with E-state index in [-0.39, 0.29) is 12.4 Å². The van der Waals surface area contributed by atoms with Gasteiger partial charge in [-0.1, -0.05) is 42.5 Å². The fourth-order valence-corrected chi connectivity index (χ4v) is 2.83. The van der Waals surface area contributed by atoms with Crippen LogP contribution in [-0.2, 0) is 9.53 Å². The molecule has 2 atom stereocenters. The molecule has 2 unspecified atom stereocenters. The number of benzene rings is 1. The molecule has 6 heteroatoms. The first-order chi connectivity index (χ1) is 11.0. The summed E-state index contributed by atoms with van der Waals surface area (Å²) < 4.78 is 5.14. The van der Waals surface area contributed by atoms with Crippen LogP contribution in [0.1, 0.15) is 18.4 Å². The van der Waals surface area contributed by atoms with Crippen LogP contribution in [0.15, 0.2) is 53.2 Å². The first-order valence-electron chi connectivity index (χ1n) is 6.98. The second-order valence-electron chi connectivity index (χ2n) is 5.03. The van der Waals surface area contributed by atoms with Crippen molar-refractivity contribution in [1.29, 1.82) is 5.26 Å². The van der Waals surface area contributed by atoms with Gasteiger partial charge in [-0.25, -0.2) is 9.79 Å². The third-order valence-corrected chi connectivity index (χ3v) is 3.93. The lowest BCUT2D eigenvalue weighted by atomic mass is 9.78. The van der Waals surface area contributed by atoms with Crippen molar-refractivity contribution < 1.29 is 9.53 Å². The van der Waals surface area contributed by atoms with Crippen molar-refractivity contribution in [2.75, 3.05) is 6.61 Å². The molecule has 1 aliphatic heterocycles. The molecule has 0 aliphatic carbocycles. The molecule has 2 N–H and O–H groups in total. The predicted octanol–water partition coefficient (Wildman–Crippen LogP) is 2.94. The van der Waals surface area contributed by atoms with E-state index in [0.717, 1.165) is 0 Å². The Morgan fingerprint density at radius 3 is 2.87 bits per heavy atom. The Balaban J connectivity index is 2.59. The number of aliphatic imine (C=N–C) groups is 1. The molecule has 5 nitrogen and oxygen atoms in total. The number of hydrogen-bond acceptors (Lipinski definition) is 5. The molecule has 1 heterocycles. The van der Waals surface area contributed by atoms with Gasteiger partial charge >= 0.3 is 5.97 Å². The Kier molecular flexibility index (Phi) is 5.20. The van der Waals surface area contributed by atoms with E-state index in [2.05, 4.69) is 17.6 Å². The second kappa shape index (κ2) is 7.12. The van der Waals surface area contributed by atoms with Crippen LogP contribution in [0.2, 0.25) is 5.02 Å². The maximum absolute atomic E-state index is 12.4. The summed E-state index contributed by atoms with van der Waals surface area (Å²) in [6, 6.07) is 9.15. The molecule has 0 bridgehead atoms. The molecule has 1 aromatic rings. The molecule has 0 amide bonds. The Morgan fingerprint density at radius 1 is 1.57 bits per heavy atom. The third-order valence-electron chi connectivity index (χ3n) is 3.58. The Hall–Kier alpha value is -2.58. The van der Waals surface area contributed by atoms with Crippen molar-refractivity contribution >= 4 is 23.4 Å². The third kappa shape index (κ3) is 3.27. The van der Waals surface area contributed by atoms with Crippen LogP contribution >= 0.6 is 11.6 Å². The van der Waals surface area contributed by atoms with Crippen LogP contribution < -0.4 is 5.73 Å². The van der Waals surface area contributed by atoms with Crippen molar-refractivity contribution in [3.63, 3.8) is 0 Å². The summed E-state index contributed by atoms with van der Waals surface area (Å²) in [6.07, 6.45) is 1.47. The number of carbonyl (C=O) groups is 1. The summed E-state index contributed by atoms with van der Waals surface area (Å²) >= 11 is 6.27. The van der Waals surface area contributed by atoms with Gasteiger partial charge in [0.15, 0.2) is 0 Å². The van der Waals surface area contributed by atoms with Gasteiger partial charge in [0.05, 0.1) is 17.3 Å². The Labute approximate surface area is 139 Å². The number of amidine groups is 1. The van der Waals surface area contributed by atoms with Crippen molar-refractivity contribution in [2.24, 2.45) is 16.6 Å². The summed E-state index contributed by atoms with van der Waals surface area (Å²) in [5.74, 6) is -1.80. The van der Waals surface area contributed by atoms with Gasteiger partial charge in [-0.15, -0.1) is 0 Å². The minimum absolute atomic E-state index is 0.0707. The lowest BCUT2D eigenvalue weighted by Crippen LogP contribution is -2.35. The number of ether oxygens (including phenoxy) is 1. The van der Waals surface area contributed by atoms with Crippen LogP contribution in [0.5, 0.6) is 0 Å². The van der Waals surface area contributed by atoms with Crippen molar-refractivity contribution in [2.45, 2.75) is 12.8 Å². The lowest BCUT2D eigenvalue weighted by molar-refractivity contribution is -0.138. The van der Waals surface area contributed by atoms with Gasteiger partial charge in [0, 0.05) is 10.9 Å². The highest BCUT2D eigenvalue weighted by Gasteiger charge is 2.39. The van der Waals surface area contributed by atoms with E-state index in [1.165, 1.54) is 6.08 Å². The molecule has 0 fully saturated rings. The van der Waals surface area contributed by atoms with Gasteiger partial charge in [0.25, 0.3) is 0 Å². The molecular formula is C17H16ClN3O2. The number of carbonyl (C=O) groups excluding carboxylic acids is 1. The van der Waals surface area contributed by atoms with Gasteiger partial charge < -0.3 is 10.5 Å². The fourth-order valence-electron chi connectivity index (χ4n) is 2.58.